The standard InChI is InChI=1S/C24H23NO5/c1-29-19-10-4-9-18(15-19)22(26)16-30-24(28)14-6-13-23(27)25-21-12-5-8-17-7-2-3-11-20(17)21/h2-5,7-12,15H,6,13-14,16H2,1H3,(H,25,27). The number of rotatable bonds is 9. The van der Waals surface area contributed by atoms with Crippen molar-refractivity contribution in [3.05, 3.63) is 72.3 Å². The number of hydrogen-bond acceptors (Lipinski definition) is 5. The topological polar surface area (TPSA) is 81.7 Å². The Labute approximate surface area is 174 Å². The number of amides is 1. The second-order valence-electron chi connectivity index (χ2n) is 6.74. The molecule has 0 aliphatic heterocycles. The van der Waals surface area contributed by atoms with E-state index in [9.17, 15) is 14.4 Å². The Morgan fingerprint density at radius 2 is 1.67 bits per heavy atom. The molecule has 0 radical (unpaired) electrons. The number of carbonyl (C=O) groups is 3. The van der Waals surface area contributed by atoms with Gasteiger partial charge in [0.25, 0.3) is 0 Å². The molecule has 0 heterocycles. The maximum atomic E-state index is 12.2. The van der Waals surface area contributed by atoms with Gasteiger partial charge in [0, 0.05) is 29.5 Å². The van der Waals surface area contributed by atoms with Gasteiger partial charge in [-0.2, -0.15) is 0 Å². The highest BCUT2D eigenvalue weighted by Gasteiger charge is 2.12. The molecule has 0 aliphatic carbocycles. The Morgan fingerprint density at radius 3 is 2.50 bits per heavy atom. The molecule has 0 saturated carbocycles. The van der Waals surface area contributed by atoms with Crippen LogP contribution >= 0.6 is 0 Å². The molecule has 30 heavy (non-hydrogen) atoms. The summed E-state index contributed by atoms with van der Waals surface area (Å²) in [5.41, 5.74) is 1.15. The smallest absolute Gasteiger partial charge is 0.306 e. The number of anilines is 1. The molecule has 3 aromatic carbocycles. The first-order valence-electron chi connectivity index (χ1n) is 9.67. The zero-order chi connectivity index (χ0) is 21.3. The lowest BCUT2D eigenvalue weighted by Crippen LogP contribution is -2.15. The van der Waals surface area contributed by atoms with Crippen molar-refractivity contribution in [2.45, 2.75) is 19.3 Å². The van der Waals surface area contributed by atoms with Crippen molar-refractivity contribution in [2.75, 3.05) is 19.0 Å². The average molecular weight is 405 g/mol. The number of benzene rings is 3. The Hall–Kier alpha value is -3.67. The monoisotopic (exact) mass is 405 g/mol. The number of fused-ring (bicyclic) bond motifs is 1. The van der Waals surface area contributed by atoms with Crippen molar-refractivity contribution in [1.29, 1.82) is 0 Å². The van der Waals surface area contributed by atoms with E-state index in [0.717, 1.165) is 16.5 Å². The van der Waals surface area contributed by atoms with Gasteiger partial charge in [-0.25, -0.2) is 0 Å². The molecule has 6 nitrogen and oxygen atoms in total. The lowest BCUT2D eigenvalue weighted by atomic mass is 10.1. The molecule has 0 spiro atoms. The van der Waals surface area contributed by atoms with Gasteiger partial charge in [-0.3, -0.25) is 14.4 Å². The lowest BCUT2D eigenvalue weighted by molar-refractivity contribution is -0.142. The van der Waals surface area contributed by atoms with Crippen LogP contribution in [0.5, 0.6) is 5.75 Å². The molecule has 3 rings (SSSR count). The van der Waals surface area contributed by atoms with Gasteiger partial charge in [-0.05, 0) is 30.0 Å². The normalized spacial score (nSPS) is 10.4. The number of carbonyl (C=O) groups excluding carboxylic acids is 3. The Morgan fingerprint density at radius 1 is 0.900 bits per heavy atom. The average Bonchev–Trinajstić information content (AvgIpc) is 2.77. The van der Waals surface area contributed by atoms with Crippen LogP contribution in [0, 0.1) is 0 Å². The Balaban J connectivity index is 1.41. The van der Waals surface area contributed by atoms with Crippen molar-refractivity contribution in [1.82, 2.24) is 0 Å². The summed E-state index contributed by atoms with van der Waals surface area (Å²) in [4.78, 5) is 36.2. The summed E-state index contributed by atoms with van der Waals surface area (Å²) in [7, 11) is 1.51. The third kappa shape index (κ3) is 5.67. The number of Topliss-reactive ketones (excluding diaryl/α,β-unsaturated/α-hetero) is 1. The summed E-state index contributed by atoms with van der Waals surface area (Å²) in [5.74, 6) is -0.434. The van der Waals surface area contributed by atoms with Gasteiger partial charge in [0.2, 0.25) is 5.91 Å². The van der Waals surface area contributed by atoms with E-state index in [-0.39, 0.29) is 31.1 Å². The summed E-state index contributed by atoms with van der Waals surface area (Å²) >= 11 is 0. The molecule has 0 unspecified atom stereocenters. The summed E-state index contributed by atoms with van der Waals surface area (Å²) in [5, 5.41) is 4.89. The minimum Gasteiger partial charge on any atom is -0.497 e. The summed E-state index contributed by atoms with van der Waals surface area (Å²) < 4.78 is 10.1. The summed E-state index contributed by atoms with van der Waals surface area (Å²) in [6.07, 6.45) is 0.583. The van der Waals surface area contributed by atoms with E-state index in [1.54, 1.807) is 24.3 Å². The molecule has 0 atom stereocenters. The van der Waals surface area contributed by atoms with Crippen molar-refractivity contribution < 1.29 is 23.9 Å². The van der Waals surface area contributed by atoms with E-state index < -0.39 is 5.97 Å². The maximum absolute atomic E-state index is 12.2. The molecule has 3 aromatic rings. The zero-order valence-electron chi connectivity index (χ0n) is 16.7. The summed E-state index contributed by atoms with van der Waals surface area (Å²) in [6, 6.07) is 20.1. The van der Waals surface area contributed by atoms with Crippen LogP contribution in [0.3, 0.4) is 0 Å². The van der Waals surface area contributed by atoms with Crippen molar-refractivity contribution in [2.24, 2.45) is 0 Å². The molecule has 0 aromatic heterocycles. The predicted octanol–water partition coefficient (Wildman–Crippen LogP) is 4.38. The van der Waals surface area contributed by atoms with Crippen LogP contribution in [-0.2, 0) is 14.3 Å². The van der Waals surface area contributed by atoms with Crippen LogP contribution in [-0.4, -0.2) is 31.4 Å². The van der Waals surface area contributed by atoms with Crippen LogP contribution in [0.15, 0.2) is 66.7 Å². The SMILES string of the molecule is COc1cccc(C(=O)COC(=O)CCCC(=O)Nc2cccc3ccccc23)c1. The van der Waals surface area contributed by atoms with Crippen LogP contribution in [0.25, 0.3) is 10.8 Å². The van der Waals surface area contributed by atoms with Crippen LogP contribution in [0.2, 0.25) is 0 Å². The van der Waals surface area contributed by atoms with Crippen LogP contribution in [0.4, 0.5) is 5.69 Å². The highest BCUT2D eigenvalue weighted by molar-refractivity contribution is 6.02. The van der Waals surface area contributed by atoms with Crippen molar-refractivity contribution >= 4 is 34.1 Å². The third-order valence-electron chi connectivity index (χ3n) is 4.60. The number of nitrogens with one attached hydrogen (secondary N) is 1. The number of esters is 1. The van der Waals surface area contributed by atoms with E-state index in [0.29, 0.717) is 17.7 Å². The van der Waals surface area contributed by atoms with E-state index in [2.05, 4.69) is 5.32 Å². The minimum atomic E-state index is -0.510. The fraction of sp³-hybridized carbons (Fsp3) is 0.208. The van der Waals surface area contributed by atoms with Gasteiger partial charge in [0.05, 0.1) is 7.11 Å². The molecular weight excluding hydrogens is 382 g/mol. The lowest BCUT2D eigenvalue weighted by Gasteiger charge is -2.09. The first-order chi connectivity index (χ1) is 14.6. The number of ketones is 1. The van der Waals surface area contributed by atoms with Crippen LogP contribution < -0.4 is 10.1 Å². The fourth-order valence-corrected chi connectivity index (χ4v) is 3.04. The number of hydrogen-bond donors (Lipinski definition) is 1. The quantitative estimate of drug-likeness (QED) is 0.422. The fourth-order valence-electron chi connectivity index (χ4n) is 3.04. The molecule has 0 bridgehead atoms. The number of ether oxygens (including phenoxy) is 2. The Bertz CT molecular complexity index is 1050. The molecule has 0 fully saturated rings. The van der Waals surface area contributed by atoms with E-state index >= 15 is 0 Å². The predicted molar refractivity (Wildman–Crippen MR) is 115 cm³/mol. The second kappa shape index (κ2) is 10.2. The van der Waals surface area contributed by atoms with Gasteiger partial charge in [0.15, 0.2) is 12.4 Å². The molecule has 1 N–H and O–H groups in total. The van der Waals surface area contributed by atoms with Crippen LogP contribution in [0.1, 0.15) is 29.6 Å². The molecule has 0 saturated heterocycles. The van der Waals surface area contributed by atoms with Crippen molar-refractivity contribution in [3.63, 3.8) is 0 Å². The van der Waals surface area contributed by atoms with Gasteiger partial charge in [0.1, 0.15) is 5.75 Å². The molecule has 154 valence electrons. The van der Waals surface area contributed by atoms with Gasteiger partial charge in [-0.15, -0.1) is 0 Å². The minimum absolute atomic E-state index is 0.0638. The largest absolute Gasteiger partial charge is 0.497 e. The van der Waals surface area contributed by atoms with E-state index in [1.807, 2.05) is 42.5 Å². The van der Waals surface area contributed by atoms with Gasteiger partial charge >= 0.3 is 5.97 Å². The zero-order valence-corrected chi connectivity index (χ0v) is 16.7. The summed E-state index contributed by atoms with van der Waals surface area (Å²) in [6.45, 7) is -0.339. The molecule has 6 heteroatoms. The van der Waals surface area contributed by atoms with Gasteiger partial charge in [-0.1, -0.05) is 48.5 Å². The third-order valence-corrected chi connectivity index (χ3v) is 4.60. The van der Waals surface area contributed by atoms with E-state index in [1.165, 1.54) is 7.11 Å². The maximum Gasteiger partial charge on any atom is 0.306 e. The molecular formula is C24H23NO5. The number of methoxy groups -OCH3 is 1. The molecule has 0 aliphatic rings. The highest BCUT2D eigenvalue weighted by Crippen LogP contribution is 2.23. The Kier molecular flexibility index (Phi) is 7.16. The highest BCUT2D eigenvalue weighted by atomic mass is 16.5. The molecule has 1 amide bonds. The first kappa shape index (κ1) is 21.0. The van der Waals surface area contributed by atoms with E-state index in [4.69, 9.17) is 9.47 Å². The van der Waals surface area contributed by atoms with Crippen molar-refractivity contribution in [3.8, 4) is 5.75 Å². The first-order valence-corrected chi connectivity index (χ1v) is 9.67. The van der Waals surface area contributed by atoms with Gasteiger partial charge < -0.3 is 14.8 Å². The second-order valence-corrected chi connectivity index (χ2v) is 6.74.